The Morgan fingerprint density at radius 1 is 1.05 bits per heavy atom. The normalized spacial score (nSPS) is 21.3. The molecule has 0 unspecified atom stereocenters. The predicted octanol–water partition coefficient (Wildman–Crippen LogP) is 4.24. The molecule has 3 heterocycles. The number of aromatic nitrogens is 1. The number of aryl methyl sites for hydroxylation is 2. The van der Waals surface area contributed by atoms with Crippen LogP contribution in [0.15, 0.2) is 63.5 Å². The zero-order valence-electron chi connectivity index (χ0n) is 33.5. The van der Waals surface area contributed by atoms with Crippen LogP contribution in [0.1, 0.15) is 73.7 Å². The zero-order chi connectivity index (χ0) is 40.7. The molecule has 0 spiro atoms. The number of carbonyl (C=O) groups is 5. The van der Waals surface area contributed by atoms with Crippen LogP contribution >= 0.6 is 0 Å². The van der Waals surface area contributed by atoms with E-state index in [0.29, 0.717) is 41.9 Å². The van der Waals surface area contributed by atoms with E-state index in [1.807, 2.05) is 44.2 Å². The molecule has 0 saturated carbocycles. The summed E-state index contributed by atoms with van der Waals surface area (Å²) in [5.41, 5.74) is 1.92. The first-order chi connectivity index (χ1) is 26.7. The van der Waals surface area contributed by atoms with Gasteiger partial charge in [-0.05, 0) is 56.9 Å². The third-order valence-electron chi connectivity index (χ3n) is 10.1. The Hall–Kier alpha value is -5.79. The number of furan rings is 1. The number of carbonyl (C=O) groups excluding carboxylic acids is 5. The van der Waals surface area contributed by atoms with Gasteiger partial charge in [0.1, 0.15) is 41.1 Å². The summed E-state index contributed by atoms with van der Waals surface area (Å²) in [6.45, 7) is 10.9. The first kappa shape index (κ1) is 41.4. The van der Waals surface area contributed by atoms with Gasteiger partial charge in [0.05, 0.1) is 12.1 Å². The van der Waals surface area contributed by atoms with Crippen molar-refractivity contribution in [2.24, 2.45) is 5.92 Å². The molecule has 4 aromatic rings. The molecule has 1 aliphatic heterocycles. The Bertz CT molecular complexity index is 2090. The number of benzene rings is 2. The lowest BCUT2D eigenvalue weighted by Gasteiger charge is -2.34. The van der Waals surface area contributed by atoms with Crippen molar-refractivity contribution in [2.45, 2.75) is 91.4 Å². The fourth-order valence-corrected chi connectivity index (χ4v) is 6.95. The average molecular weight is 770 g/mol. The highest BCUT2D eigenvalue weighted by atomic mass is 16.5. The van der Waals surface area contributed by atoms with E-state index >= 15 is 0 Å². The Balaban J connectivity index is 1.60. The summed E-state index contributed by atoms with van der Waals surface area (Å²) in [6.07, 6.45) is 2.23. The summed E-state index contributed by atoms with van der Waals surface area (Å²) in [6, 6.07) is 12.8. The van der Waals surface area contributed by atoms with Crippen molar-refractivity contribution in [2.75, 3.05) is 27.2 Å². The van der Waals surface area contributed by atoms with Gasteiger partial charge in [-0.1, -0.05) is 49.3 Å². The third-order valence-corrected chi connectivity index (χ3v) is 10.1. The zero-order valence-corrected chi connectivity index (χ0v) is 33.5. The molecule has 5 rings (SSSR count). The Morgan fingerprint density at radius 3 is 2.45 bits per heavy atom. The lowest BCUT2D eigenvalue weighted by Crippen LogP contribution is -2.56. The topological polar surface area (TPSA) is 167 Å². The smallest absolute Gasteiger partial charge is 0.409 e. The van der Waals surface area contributed by atoms with E-state index in [4.69, 9.17) is 13.7 Å². The second kappa shape index (κ2) is 18.2. The van der Waals surface area contributed by atoms with Crippen LogP contribution in [0.25, 0.3) is 11.0 Å². The van der Waals surface area contributed by atoms with Gasteiger partial charge in [0.2, 0.25) is 17.7 Å². The van der Waals surface area contributed by atoms with Crippen molar-refractivity contribution < 1.29 is 42.2 Å². The van der Waals surface area contributed by atoms with E-state index in [0.717, 1.165) is 5.56 Å². The summed E-state index contributed by atoms with van der Waals surface area (Å²) >= 11 is 0. The lowest BCUT2D eigenvalue weighted by molar-refractivity contribution is -0.489. The Morgan fingerprint density at radius 2 is 1.79 bits per heavy atom. The van der Waals surface area contributed by atoms with Gasteiger partial charge in [-0.15, -0.1) is 0 Å². The molecule has 298 valence electrons. The average Bonchev–Trinajstić information content (AvgIpc) is 3.77. The van der Waals surface area contributed by atoms with E-state index in [1.54, 1.807) is 69.8 Å². The number of rotatable bonds is 8. The van der Waals surface area contributed by atoms with Gasteiger partial charge in [-0.25, -0.2) is 4.79 Å². The van der Waals surface area contributed by atoms with Crippen molar-refractivity contribution >= 4 is 46.7 Å². The summed E-state index contributed by atoms with van der Waals surface area (Å²) < 4.78 is 19.3. The summed E-state index contributed by atoms with van der Waals surface area (Å²) in [5.74, 6) is -1.37. The van der Waals surface area contributed by atoms with Crippen LogP contribution in [0.3, 0.4) is 0 Å². The number of ether oxygens (including phenoxy) is 1. The van der Waals surface area contributed by atoms with Crippen LogP contribution < -0.4 is 15.4 Å². The second-order valence-electron chi connectivity index (χ2n) is 14.9. The van der Waals surface area contributed by atoms with Gasteiger partial charge >= 0.3 is 5.91 Å². The summed E-state index contributed by atoms with van der Waals surface area (Å²) in [4.78, 5) is 73.8. The molecule has 2 aromatic heterocycles. The number of hydrogen-bond donors (Lipinski definition) is 2. The molecule has 14 nitrogen and oxygen atoms in total. The molecule has 2 aromatic carbocycles. The van der Waals surface area contributed by atoms with Crippen molar-refractivity contribution in [1.29, 1.82) is 0 Å². The van der Waals surface area contributed by atoms with E-state index in [9.17, 15) is 24.0 Å². The van der Waals surface area contributed by atoms with Crippen LogP contribution in [0, 0.1) is 19.8 Å². The molecule has 4 atom stereocenters. The number of fused-ring (bicyclic) bond motifs is 3. The number of nitrogens with one attached hydrogen (secondary N) is 2. The third kappa shape index (κ3) is 9.71. The standard InChI is InChI=1S/C42H52N6O8/c1-9-48-31(22-29-13-11-10-12-14-29)24-54-35-16-15-30-21-27(5)55-38(30)37(35)40(51)44-33(39(50)43-18-17-32-20-26(4)45-56-32)23-36(49)47(8)34(19-25(2)3)42(53)46(7)28(6)41(48)52/h9-16,20-21,25,28,31,33-34H,17-19,22-24H2,1-8H3,(H-,43,44,50,51)/p+1/t28-,31+,33-,34-/m0/s1. The highest BCUT2D eigenvalue weighted by molar-refractivity contribution is 6.09. The molecule has 0 radical (unpaired) electrons. The van der Waals surface area contributed by atoms with Crippen LogP contribution in [-0.2, 0) is 32.0 Å². The first-order valence-corrected chi connectivity index (χ1v) is 19.0. The lowest BCUT2D eigenvalue weighted by atomic mass is 9.99. The summed E-state index contributed by atoms with van der Waals surface area (Å²) in [5, 5.41) is 10.1. The predicted molar refractivity (Wildman–Crippen MR) is 209 cm³/mol. The Kier molecular flexibility index (Phi) is 13.5. The van der Waals surface area contributed by atoms with Crippen molar-refractivity contribution in [3.8, 4) is 5.75 Å². The fourth-order valence-electron chi connectivity index (χ4n) is 6.95. The van der Waals surface area contributed by atoms with E-state index in [1.165, 1.54) is 16.8 Å². The van der Waals surface area contributed by atoms with Gasteiger partial charge in [0.15, 0.2) is 24.3 Å². The quantitative estimate of drug-likeness (QED) is 0.249. The van der Waals surface area contributed by atoms with Gasteiger partial charge in [0.25, 0.3) is 5.91 Å². The highest BCUT2D eigenvalue weighted by Gasteiger charge is 2.40. The first-order valence-electron chi connectivity index (χ1n) is 19.0. The van der Waals surface area contributed by atoms with Gasteiger partial charge in [-0.3, -0.25) is 19.2 Å². The SMILES string of the molecule is CC=[N+]1C(=O)[C@H](C)N(C)C(=O)[C@H](CC(C)C)N(C)C(=O)C[C@@H](C(=O)NCCc2cc(C)no2)NC(=O)c2c(ccc3cc(C)oc23)OC[C@H]1Cc1ccccc1. The molecule has 14 heteroatoms. The minimum absolute atomic E-state index is 0.00483. The summed E-state index contributed by atoms with van der Waals surface area (Å²) in [7, 11) is 3.06. The molecular weight excluding hydrogens is 716 g/mol. The number of amides is 5. The molecule has 5 amide bonds. The van der Waals surface area contributed by atoms with Gasteiger partial charge in [-0.2, -0.15) is 4.58 Å². The molecule has 0 fully saturated rings. The van der Waals surface area contributed by atoms with Crippen LogP contribution in [0.2, 0.25) is 0 Å². The van der Waals surface area contributed by atoms with Crippen molar-refractivity contribution in [3.63, 3.8) is 0 Å². The van der Waals surface area contributed by atoms with Crippen LogP contribution in [0.5, 0.6) is 5.75 Å². The van der Waals surface area contributed by atoms with Crippen LogP contribution in [0.4, 0.5) is 0 Å². The van der Waals surface area contributed by atoms with Gasteiger partial charge < -0.3 is 34.1 Å². The van der Waals surface area contributed by atoms with Gasteiger partial charge in [0, 0.05) is 51.9 Å². The van der Waals surface area contributed by atoms with Crippen molar-refractivity contribution in [1.82, 2.24) is 25.6 Å². The van der Waals surface area contributed by atoms with E-state index < -0.39 is 54.2 Å². The van der Waals surface area contributed by atoms with Crippen LogP contribution in [-0.4, -0.2) is 107 Å². The second-order valence-corrected chi connectivity index (χ2v) is 14.9. The maximum atomic E-state index is 14.5. The minimum Gasteiger partial charge on any atom is -0.486 e. The van der Waals surface area contributed by atoms with Crippen molar-refractivity contribution in [3.05, 3.63) is 82.9 Å². The highest BCUT2D eigenvalue weighted by Crippen LogP contribution is 2.31. The molecule has 0 aliphatic carbocycles. The Labute approximate surface area is 327 Å². The maximum Gasteiger partial charge on any atom is 0.409 e. The maximum absolute atomic E-state index is 14.5. The number of hydrogen-bond acceptors (Lipinski definition) is 9. The number of nitrogens with zero attached hydrogens (tertiary/aromatic N) is 4. The van der Waals surface area contributed by atoms with E-state index in [-0.39, 0.29) is 41.9 Å². The molecule has 0 saturated heterocycles. The molecule has 1 aliphatic rings. The largest absolute Gasteiger partial charge is 0.486 e. The molecule has 2 N–H and O–H groups in total. The molecule has 56 heavy (non-hydrogen) atoms. The molecule has 0 bridgehead atoms. The molecular formula is C42H53N6O8+. The van der Waals surface area contributed by atoms with E-state index in [2.05, 4.69) is 15.8 Å². The fraction of sp³-hybridized carbons (Fsp3) is 0.452. The minimum atomic E-state index is -1.35. The monoisotopic (exact) mass is 769 g/mol. The number of likely N-dealkylation sites (N-methyl/N-ethyl adjacent to an activating group) is 2.